The van der Waals surface area contributed by atoms with Crippen molar-refractivity contribution in [3.63, 3.8) is 0 Å². The van der Waals surface area contributed by atoms with E-state index < -0.39 is 41.5 Å². The first kappa shape index (κ1) is 17.8. The van der Waals surface area contributed by atoms with Gasteiger partial charge >= 0.3 is 24.5 Å². The number of benzene rings is 1. The molecule has 1 aromatic rings. The number of alkyl halides is 3. The van der Waals surface area contributed by atoms with Crippen LogP contribution >= 0.6 is 8.03 Å². The second kappa shape index (κ2) is 6.69. The van der Waals surface area contributed by atoms with Crippen molar-refractivity contribution in [2.24, 2.45) is 0 Å². The third-order valence-electron chi connectivity index (χ3n) is 2.24. The Morgan fingerprint density at radius 1 is 1.33 bits per heavy atom. The van der Waals surface area contributed by atoms with Gasteiger partial charge < -0.3 is 4.74 Å². The van der Waals surface area contributed by atoms with Crippen molar-refractivity contribution in [1.29, 1.82) is 0 Å². The van der Waals surface area contributed by atoms with Gasteiger partial charge in [0.15, 0.2) is 5.75 Å². The van der Waals surface area contributed by atoms with Gasteiger partial charge in [0.25, 0.3) is 6.35 Å². The highest BCUT2D eigenvalue weighted by Crippen LogP contribution is 2.34. The smallest absolute Gasteiger partial charge is 0.404 e. The molecule has 0 amide bonds. The highest BCUT2D eigenvalue weighted by Gasteiger charge is 2.36. The molecule has 1 aromatic carbocycles. The molecule has 118 valence electrons. The molecule has 0 aliphatic heterocycles. The minimum absolute atomic E-state index is 0.0323. The lowest BCUT2D eigenvalue weighted by atomic mass is 10.1. The molecule has 6 nitrogen and oxygen atoms in total. The number of hydrogen-bond acceptors (Lipinski definition) is 5. The molecule has 11 heteroatoms. The van der Waals surface area contributed by atoms with E-state index in [0.29, 0.717) is 0 Å². The highest BCUT2D eigenvalue weighted by atomic mass is 32.2. The molecular weight excluding hydrogens is 336 g/mol. The number of hydrogen-bond donors (Lipinski definition) is 1. The van der Waals surface area contributed by atoms with Gasteiger partial charge in [-0.2, -0.15) is 13.3 Å². The Balaban J connectivity index is 3.33. The van der Waals surface area contributed by atoms with Gasteiger partial charge in [-0.15, -0.1) is 13.2 Å². The summed E-state index contributed by atoms with van der Waals surface area (Å²) in [4.78, 5) is 7.75. The molecule has 0 radical (unpaired) electrons. The molecule has 0 bridgehead atoms. The topological polar surface area (TPSA) is 89.9 Å². The molecule has 0 aliphatic rings. The van der Waals surface area contributed by atoms with Gasteiger partial charge in [-0.3, -0.25) is 0 Å². The first-order valence-corrected chi connectivity index (χ1v) is 8.28. The summed E-state index contributed by atoms with van der Waals surface area (Å²) in [5.41, 5.74) is 0.0323. The predicted molar refractivity (Wildman–Crippen MR) is 65.5 cm³/mol. The number of ether oxygens (including phenoxy) is 1. The van der Waals surface area contributed by atoms with Crippen molar-refractivity contribution in [2.45, 2.75) is 24.6 Å². The molecule has 1 rings (SSSR count). The summed E-state index contributed by atoms with van der Waals surface area (Å²) < 4.78 is 79.2. The van der Waals surface area contributed by atoms with Crippen molar-refractivity contribution in [3.05, 3.63) is 23.8 Å². The molecule has 1 unspecified atom stereocenters. The van der Waals surface area contributed by atoms with E-state index in [1.165, 1.54) is 19.1 Å². The fraction of sp³-hybridized carbons (Fsp3) is 0.400. The molecule has 0 saturated heterocycles. The monoisotopic (exact) mass is 347 g/mol. The molecule has 0 aliphatic carbocycles. The Bertz CT molecular complexity index is 628. The van der Waals surface area contributed by atoms with Gasteiger partial charge in [-0.25, -0.2) is 4.18 Å². The van der Waals surface area contributed by atoms with Crippen molar-refractivity contribution >= 4 is 18.1 Å². The summed E-state index contributed by atoms with van der Waals surface area (Å²) in [7, 11) is -7.59. The normalized spacial score (nSPS) is 13.1. The van der Waals surface area contributed by atoms with Crippen molar-refractivity contribution in [1.82, 2.24) is 0 Å². The molecular formula is C10H11F3O6PS+. The number of halogens is 3. The average molecular weight is 347 g/mol. The van der Waals surface area contributed by atoms with Crippen LogP contribution < -0.4 is 4.74 Å². The summed E-state index contributed by atoms with van der Waals surface area (Å²) in [6.07, 6.45) is -6.04. The summed E-state index contributed by atoms with van der Waals surface area (Å²) >= 11 is 0. The fourth-order valence-electron chi connectivity index (χ4n) is 1.50. The van der Waals surface area contributed by atoms with Gasteiger partial charge in [0.1, 0.15) is 4.90 Å². The van der Waals surface area contributed by atoms with Crippen LogP contribution in [0.15, 0.2) is 23.1 Å². The molecule has 0 saturated carbocycles. The summed E-state index contributed by atoms with van der Waals surface area (Å²) in [5, 5.41) is 0. The lowest BCUT2D eigenvalue weighted by molar-refractivity contribution is -0.275. The second-order valence-corrected chi connectivity index (χ2v) is 6.21. The van der Waals surface area contributed by atoms with E-state index in [2.05, 4.69) is 8.92 Å². The van der Waals surface area contributed by atoms with Crippen LogP contribution in [0, 0.1) is 0 Å². The summed E-state index contributed by atoms with van der Waals surface area (Å²) in [6.45, 7) is 1.53. The lowest BCUT2D eigenvalue weighted by Gasteiger charge is -2.15. The van der Waals surface area contributed by atoms with Crippen LogP contribution in [0.4, 0.5) is 13.2 Å². The second-order valence-electron chi connectivity index (χ2n) is 3.70. The van der Waals surface area contributed by atoms with Crippen LogP contribution in [0.5, 0.6) is 5.75 Å². The van der Waals surface area contributed by atoms with E-state index in [4.69, 9.17) is 4.89 Å². The van der Waals surface area contributed by atoms with E-state index in [9.17, 15) is 26.2 Å². The summed E-state index contributed by atoms with van der Waals surface area (Å²) in [6, 6.07) is 3.31. The number of aryl methyl sites for hydroxylation is 1. The third kappa shape index (κ3) is 5.24. The van der Waals surface area contributed by atoms with Gasteiger partial charge in [-0.05, 0) is 22.6 Å². The molecule has 0 fully saturated rings. The SMILES string of the molecule is CCc1cccc(OC(F)(F)F)c1S(=O)(=O)OC[P+](=O)O. The molecule has 0 heterocycles. The first-order valence-electron chi connectivity index (χ1n) is 5.47. The Morgan fingerprint density at radius 2 is 1.95 bits per heavy atom. The quantitative estimate of drug-likeness (QED) is 0.628. The van der Waals surface area contributed by atoms with E-state index in [1.807, 2.05) is 0 Å². The predicted octanol–water partition coefficient (Wildman–Crippen LogP) is 2.55. The molecule has 0 aromatic heterocycles. The Morgan fingerprint density at radius 3 is 2.43 bits per heavy atom. The first-order chi connectivity index (χ1) is 9.57. The fourth-order valence-corrected chi connectivity index (χ4v) is 3.43. The highest BCUT2D eigenvalue weighted by molar-refractivity contribution is 7.87. The lowest BCUT2D eigenvalue weighted by Crippen LogP contribution is -2.20. The third-order valence-corrected chi connectivity index (χ3v) is 4.15. The summed E-state index contributed by atoms with van der Waals surface area (Å²) in [5.74, 6) is -0.949. The van der Waals surface area contributed by atoms with Gasteiger partial charge in [0.2, 0.25) is 0 Å². The zero-order chi connectivity index (χ0) is 16.3. The molecule has 1 atom stereocenters. The van der Waals surface area contributed by atoms with Crippen LogP contribution in [0.1, 0.15) is 12.5 Å². The maximum atomic E-state index is 12.3. The number of rotatable bonds is 6. The van der Waals surface area contributed by atoms with Crippen molar-refractivity contribution < 1.29 is 40.0 Å². The molecule has 21 heavy (non-hydrogen) atoms. The van der Waals surface area contributed by atoms with Crippen LogP contribution in [0.3, 0.4) is 0 Å². The van der Waals surface area contributed by atoms with Gasteiger partial charge in [-0.1, -0.05) is 19.1 Å². The molecule has 0 spiro atoms. The van der Waals surface area contributed by atoms with E-state index in [1.54, 1.807) is 0 Å². The van der Waals surface area contributed by atoms with Gasteiger partial charge in [0.05, 0.1) is 0 Å². The maximum absolute atomic E-state index is 12.3. The van der Waals surface area contributed by atoms with Crippen LogP contribution in [0.25, 0.3) is 0 Å². The van der Waals surface area contributed by atoms with Crippen molar-refractivity contribution in [3.8, 4) is 5.75 Å². The zero-order valence-corrected chi connectivity index (χ0v) is 12.3. The average Bonchev–Trinajstić information content (AvgIpc) is 2.34. The minimum atomic E-state index is -5.08. The minimum Gasteiger partial charge on any atom is -0.404 e. The standard InChI is InChI=1S/C10H10F3O6PS/c1-2-7-4-3-5-8(19-10(11,12)13)9(7)21(16,17)18-6-20(14)15/h3-5H,2,6H2,1H3/p+1. The van der Waals surface area contributed by atoms with Crippen molar-refractivity contribution in [2.75, 3.05) is 6.35 Å². The van der Waals surface area contributed by atoms with E-state index in [0.717, 1.165) is 6.07 Å². The van der Waals surface area contributed by atoms with Crippen LogP contribution in [0.2, 0.25) is 0 Å². The Hall–Kier alpha value is -1.22. The van der Waals surface area contributed by atoms with Crippen LogP contribution in [-0.2, 0) is 25.3 Å². The Labute approximate surface area is 119 Å². The largest absolute Gasteiger partial charge is 0.573 e. The zero-order valence-electron chi connectivity index (χ0n) is 10.6. The van der Waals surface area contributed by atoms with E-state index in [-0.39, 0.29) is 12.0 Å². The van der Waals surface area contributed by atoms with E-state index >= 15 is 0 Å². The van der Waals surface area contributed by atoms with Gasteiger partial charge in [0, 0.05) is 0 Å². The van der Waals surface area contributed by atoms with Crippen LogP contribution in [-0.4, -0.2) is 26.0 Å². The maximum Gasteiger partial charge on any atom is 0.573 e. The Kier molecular flexibility index (Phi) is 5.68. The molecule has 1 N–H and O–H groups in total.